The molecule has 2 heteroatoms. The molecule has 0 aliphatic heterocycles. The van der Waals surface area contributed by atoms with Crippen LogP contribution < -0.4 is 0 Å². The third kappa shape index (κ3) is 2.43. The number of para-hydroxylation sites is 1. The van der Waals surface area contributed by atoms with Gasteiger partial charge in [-0.1, -0.05) is 24.6 Å². The number of fused-ring (bicyclic) bond motifs is 3. The third-order valence-corrected chi connectivity index (χ3v) is 6.45. The first-order chi connectivity index (χ1) is 11.2. The molecule has 0 N–H and O–H groups in total. The van der Waals surface area contributed by atoms with E-state index in [1.54, 1.807) is 0 Å². The van der Waals surface area contributed by atoms with Gasteiger partial charge in [0.2, 0.25) is 0 Å². The second kappa shape index (κ2) is 5.81. The second-order valence-electron chi connectivity index (χ2n) is 7.62. The SMILES string of the molecule is CCn1c(C)c(C=N[C@H](C)[C@@H]2C[C@H]3CC[C@@H]2C3)c2ccccc21. The molecular weight excluding hydrogens is 280 g/mol. The molecule has 0 spiro atoms. The van der Waals surface area contributed by atoms with Crippen LogP contribution in [0.1, 0.15) is 50.8 Å². The number of aryl methyl sites for hydroxylation is 1. The number of benzene rings is 1. The molecule has 2 nitrogen and oxygen atoms in total. The molecule has 2 saturated carbocycles. The van der Waals surface area contributed by atoms with Crippen LogP contribution in [0.5, 0.6) is 0 Å². The van der Waals surface area contributed by atoms with Crippen LogP contribution in [0.25, 0.3) is 10.9 Å². The molecule has 0 saturated heterocycles. The minimum absolute atomic E-state index is 0.466. The van der Waals surface area contributed by atoms with Gasteiger partial charge >= 0.3 is 0 Å². The van der Waals surface area contributed by atoms with Gasteiger partial charge in [-0.25, -0.2) is 0 Å². The van der Waals surface area contributed by atoms with Crippen molar-refractivity contribution in [2.75, 3.05) is 0 Å². The minimum atomic E-state index is 0.466. The monoisotopic (exact) mass is 308 g/mol. The summed E-state index contributed by atoms with van der Waals surface area (Å²) in [7, 11) is 0. The maximum atomic E-state index is 5.02. The van der Waals surface area contributed by atoms with Crippen molar-refractivity contribution in [2.24, 2.45) is 22.7 Å². The Morgan fingerprint density at radius 1 is 1.26 bits per heavy atom. The van der Waals surface area contributed by atoms with Crippen LogP contribution in [0.4, 0.5) is 0 Å². The van der Waals surface area contributed by atoms with E-state index in [2.05, 4.69) is 55.8 Å². The highest BCUT2D eigenvalue weighted by Crippen LogP contribution is 2.50. The Balaban J connectivity index is 1.63. The third-order valence-electron chi connectivity index (χ3n) is 6.45. The van der Waals surface area contributed by atoms with Crippen LogP contribution in [0, 0.1) is 24.7 Å². The highest BCUT2D eigenvalue weighted by Gasteiger charge is 2.41. The van der Waals surface area contributed by atoms with Gasteiger partial charge in [0.15, 0.2) is 0 Å². The average Bonchev–Trinajstić information content (AvgIpc) is 3.25. The van der Waals surface area contributed by atoms with Gasteiger partial charge in [0, 0.05) is 34.9 Å². The van der Waals surface area contributed by atoms with Gasteiger partial charge in [0.05, 0.1) is 6.04 Å². The number of nitrogens with zero attached hydrogens (tertiary/aromatic N) is 2. The van der Waals surface area contributed by atoms with Crippen LogP contribution in [0.2, 0.25) is 0 Å². The first-order valence-corrected chi connectivity index (χ1v) is 9.30. The van der Waals surface area contributed by atoms with E-state index in [0.29, 0.717) is 6.04 Å². The van der Waals surface area contributed by atoms with E-state index in [4.69, 9.17) is 4.99 Å². The number of hydrogen-bond acceptors (Lipinski definition) is 1. The maximum absolute atomic E-state index is 5.02. The fraction of sp³-hybridized carbons (Fsp3) is 0.571. The molecule has 0 amide bonds. The summed E-state index contributed by atoms with van der Waals surface area (Å²) in [5.41, 5.74) is 4.00. The highest BCUT2D eigenvalue weighted by atomic mass is 15.0. The van der Waals surface area contributed by atoms with E-state index in [0.717, 1.165) is 24.3 Å². The fourth-order valence-electron chi connectivity index (χ4n) is 5.22. The van der Waals surface area contributed by atoms with Gasteiger partial charge in [0.1, 0.15) is 0 Å². The summed E-state index contributed by atoms with van der Waals surface area (Å²) in [5, 5.41) is 1.34. The molecule has 2 aliphatic carbocycles. The Kier molecular flexibility index (Phi) is 3.79. The lowest BCUT2D eigenvalue weighted by molar-refractivity contribution is 0.294. The lowest BCUT2D eigenvalue weighted by atomic mass is 9.84. The number of hydrogen-bond donors (Lipinski definition) is 0. The van der Waals surface area contributed by atoms with Crippen molar-refractivity contribution in [3.63, 3.8) is 0 Å². The van der Waals surface area contributed by atoms with E-state index in [-0.39, 0.29) is 0 Å². The number of aromatic nitrogens is 1. The fourth-order valence-corrected chi connectivity index (χ4v) is 5.22. The Morgan fingerprint density at radius 2 is 2.09 bits per heavy atom. The lowest BCUT2D eigenvalue weighted by Gasteiger charge is -2.25. The van der Waals surface area contributed by atoms with Crippen molar-refractivity contribution in [3.05, 3.63) is 35.5 Å². The molecule has 1 heterocycles. The highest BCUT2D eigenvalue weighted by molar-refractivity contribution is 6.01. The largest absolute Gasteiger partial charge is 0.344 e. The van der Waals surface area contributed by atoms with Crippen LogP contribution in [-0.4, -0.2) is 16.8 Å². The summed E-state index contributed by atoms with van der Waals surface area (Å²) in [6, 6.07) is 9.19. The lowest BCUT2D eigenvalue weighted by Crippen LogP contribution is -2.21. The van der Waals surface area contributed by atoms with Gasteiger partial charge < -0.3 is 4.57 Å². The normalized spacial score (nSPS) is 28.2. The molecule has 4 rings (SSSR count). The summed E-state index contributed by atoms with van der Waals surface area (Å²) >= 11 is 0. The van der Waals surface area contributed by atoms with Gasteiger partial charge in [-0.15, -0.1) is 0 Å². The zero-order chi connectivity index (χ0) is 16.0. The molecule has 0 radical (unpaired) electrons. The predicted molar refractivity (Wildman–Crippen MR) is 98.3 cm³/mol. The molecule has 2 aromatic rings. The smallest absolute Gasteiger partial charge is 0.0502 e. The van der Waals surface area contributed by atoms with Crippen LogP contribution in [-0.2, 0) is 6.54 Å². The molecule has 122 valence electrons. The molecule has 23 heavy (non-hydrogen) atoms. The van der Waals surface area contributed by atoms with E-state index >= 15 is 0 Å². The van der Waals surface area contributed by atoms with Crippen molar-refractivity contribution in [1.82, 2.24) is 4.57 Å². The van der Waals surface area contributed by atoms with Gasteiger partial charge in [0.25, 0.3) is 0 Å². The Labute approximate surface area is 139 Å². The Morgan fingerprint density at radius 3 is 2.78 bits per heavy atom. The molecule has 4 atom stereocenters. The first-order valence-electron chi connectivity index (χ1n) is 9.30. The van der Waals surface area contributed by atoms with Crippen molar-refractivity contribution >= 4 is 17.1 Å². The molecular formula is C21H28N2. The molecule has 2 fully saturated rings. The Hall–Kier alpha value is -1.57. The molecule has 2 aliphatic rings. The van der Waals surface area contributed by atoms with Crippen molar-refractivity contribution in [3.8, 4) is 0 Å². The summed E-state index contributed by atoms with van der Waals surface area (Å²) < 4.78 is 2.40. The predicted octanol–water partition coefficient (Wildman–Crippen LogP) is 5.21. The summed E-state index contributed by atoms with van der Waals surface area (Å²) in [6.07, 6.45) is 7.97. The first kappa shape index (κ1) is 15.0. The zero-order valence-corrected chi connectivity index (χ0v) is 14.6. The molecule has 0 unspecified atom stereocenters. The molecule has 2 bridgehead atoms. The Bertz CT molecular complexity index is 740. The second-order valence-corrected chi connectivity index (χ2v) is 7.62. The maximum Gasteiger partial charge on any atom is 0.0502 e. The number of aliphatic imine (C=N–C) groups is 1. The van der Waals surface area contributed by atoms with Gasteiger partial charge in [-0.3, -0.25) is 4.99 Å². The molecule has 1 aromatic heterocycles. The van der Waals surface area contributed by atoms with Gasteiger partial charge in [-0.2, -0.15) is 0 Å². The summed E-state index contributed by atoms with van der Waals surface area (Å²) in [4.78, 5) is 5.02. The van der Waals surface area contributed by atoms with Crippen molar-refractivity contribution in [1.29, 1.82) is 0 Å². The topological polar surface area (TPSA) is 17.3 Å². The average molecular weight is 308 g/mol. The van der Waals surface area contributed by atoms with Crippen molar-refractivity contribution < 1.29 is 0 Å². The minimum Gasteiger partial charge on any atom is -0.344 e. The molecule has 1 aromatic carbocycles. The summed E-state index contributed by atoms with van der Waals surface area (Å²) in [5.74, 6) is 2.78. The number of rotatable bonds is 4. The van der Waals surface area contributed by atoms with E-state index in [1.807, 2.05) is 0 Å². The van der Waals surface area contributed by atoms with Crippen LogP contribution in [0.3, 0.4) is 0 Å². The zero-order valence-electron chi connectivity index (χ0n) is 14.6. The van der Waals surface area contributed by atoms with Crippen LogP contribution in [0.15, 0.2) is 29.3 Å². The van der Waals surface area contributed by atoms with E-state index in [1.165, 1.54) is 47.8 Å². The van der Waals surface area contributed by atoms with Crippen LogP contribution >= 0.6 is 0 Å². The standard InChI is InChI=1S/C21H28N2/c1-4-23-15(3)20(18-7-5-6-8-21(18)23)13-22-14(2)19-12-16-9-10-17(19)11-16/h5-8,13-14,16-17,19H,4,9-12H2,1-3H3/t14-,16+,17-,19+/m1/s1. The van der Waals surface area contributed by atoms with E-state index < -0.39 is 0 Å². The summed E-state index contributed by atoms with van der Waals surface area (Å²) in [6.45, 7) is 7.80. The van der Waals surface area contributed by atoms with Crippen molar-refractivity contribution in [2.45, 2.75) is 59.0 Å². The van der Waals surface area contributed by atoms with Gasteiger partial charge in [-0.05, 0) is 63.9 Å². The van der Waals surface area contributed by atoms with E-state index in [9.17, 15) is 0 Å². The quantitative estimate of drug-likeness (QED) is 0.690.